The van der Waals surface area contributed by atoms with Gasteiger partial charge in [-0.25, -0.2) is 19.0 Å². The van der Waals surface area contributed by atoms with E-state index in [2.05, 4.69) is 28.0 Å². The van der Waals surface area contributed by atoms with E-state index in [1.807, 2.05) is 23.3 Å². The first kappa shape index (κ1) is 24.8. The summed E-state index contributed by atoms with van der Waals surface area (Å²) in [4.78, 5) is 26.7. The predicted molar refractivity (Wildman–Crippen MR) is 136 cm³/mol. The molecule has 1 amide bonds. The van der Waals surface area contributed by atoms with Crippen molar-refractivity contribution in [2.45, 2.75) is 58.9 Å². The van der Waals surface area contributed by atoms with E-state index in [1.54, 1.807) is 23.7 Å². The number of halogens is 1. The molecule has 1 aromatic heterocycles. The van der Waals surface area contributed by atoms with E-state index in [4.69, 9.17) is 4.98 Å². The maximum absolute atomic E-state index is 13.8. The Balaban J connectivity index is 1.43. The summed E-state index contributed by atoms with van der Waals surface area (Å²) in [6, 6.07) is 4.90. The lowest BCUT2D eigenvalue weighted by Gasteiger charge is -2.36. The van der Waals surface area contributed by atoms with Crippen LogP contribution in [0.2, 0.25) is 0 Å². The minimum absolute atomic E-state index is 0.0514. The molecule has 0 spiro atoms. The molecule has 0 N–H and O–H groups in total. The van der Waals surface area contributed by atoms with Crippen LogP contribution in [-0.4, -0.2) is 62.5 Å². The van der Waals surface area contributed by atoms with Crippen LogP contribution in [0.1, 0.15) is 50.4 Å². The molecule has 35 heavy (non-hydrogen) atoms. The summed E-state index contributed by atoms with van der Waals surface area (Å²) in [6.07, 6.45) is 13.8. The molecule has 7 nitrogen and oxygen atoms in total. The van der Waals surface area contributed by atoms with Crippen LogP contribution in [0.4, 0.5) is 4.39 Å². The Kier molecular flexibility index (Phi) is 8.45. The smallest absolute Gasteiger partial charge is 0.244 e. The maximum Gasteiger partial charge on any atom is 0.244 e. The van der Waals surface area contributed by atoms with Crippen LogP contribution in [0, 0.1) is 12.7 Å². The van der Waals surface area contributed by atoms with Crippen molar-refractivity contribution < 1.29 is 9.18 Å². The molecule has 0 saturated carbocycles. The normalized spacial score (nSPS) is 16.3. The summed E-state index contributed by atoms with van der Waals surface area (Å²) in [5, 5.41) is 4.66. The first-order chi connectivity index (χ1) is 17.0. The molecule has 0 unspecified atom stereocenters. The van der Waals surface area contributed by atoms with E-state index in [9.17, 15) is 9.18 Å². The Morgan fingerprint density at radius 1 is 1.11 bits per heavy atom. The zero-order chi connectivity index (χ0) is 24.6. The van der Waals surface area contributed by atoms with Crippen molar-refractivity contribution in [3.8, 4) is 11.4 Å². The summed E-state index contributed by atoms with van der Waals surface area (Å²) in [5.74, 6) is 2.25. The SMILES string of the molecule is CCCCCc1nc(-c2ccc(F)c(C)c2)nn1CC(=O)N1CCN(C2=NC=CC=CCC2)CC1. The fourth-order valence-corrected chi connectivity index (χ4v) is 4.44. The number of amidine groups is 1. The number of rotatable bonds is 7. The number of piperazine rings is 1. The number of aromatic nitrogens is 3. The molecule has 0 bridgehead atoms. The van der Waals surface area contributed by atoms with Crippen LogP contribution in [0.5, 0.6) is 0 Å². The zero-order valence-corrected chi connectivity index (χ0v) is 20.8. The predicted octanol–water partition coefficient (Wildman–Crippen LogP) is 4.53. The van der Waals surface area contributed by atoms with Gasteiger partial charge in [0, 0.05) is 50.8 Å². The first-order valence-electron chi connectivity index (χ1n) is 12.7. The molecular formula is C27H35FN6O. The van der Waals surface area contributed by atoms with Crippen LogP contribution >= 0.6 is 0 Å². The van der Waals surface area contributed by atoms with Gasteiger partial charge in [0.1, 0.15) is 24.0 Å². The Morgan fingerprint density at radius 3 is 2.71 bits per heavy atom. The highest BCUT2D eigenvalue weighted by Gasteiger charge is 2.24. The molecule has 2 aliphatic rings. The van der Waals surface area contributed by atoms with Gasteiger partial charge in [-0.15, -0.1) is 0 Å². The summed E-state index contributed by atoms with van der Waals surface area (Å²) in [7, 11) is 0. The Labute approximate surface area is 207 Å². The van der Waals surface area contributed by atoms with Gasteiger partial charge in [0.05, 0.1) is 0 Å². The van der Waals surface area contributed by atoms with E-state index in [1.165, 1.54) is 6.07 Å². The molecule has 2 aromatic rings. The highest BCUT2D eigenvalue weighted by molar-refractivity contribution is 5.83. The van der Waals surface area contributed by atoms with Crippen molar-refractivity contribution >= 4 is 11.7 Å². The molecule has 3 heterocycles. The lowest BCUT2D eigenvalue weighted by Crippen LogP contribution is -2.51. The third-order valence-electron chi connectivity index (χ3n) is 6.54. The average molecular weight is 479 g/mol. The maximum atomic E-state index is 13.8. The third kappa shape index (κ3) is 6.44. The monoisotopic (exact) mass is 478 g/mol. The van der Waals surface area contributed by atoms with Crippen LogP contribution in [0.3, 0.4) is 0 Å². The van der Waals surface area contributed by atoms with Crippen LogP contribution in [-0.2, 0) is 17.8 Å². The van der Waals surface area contributed by atoms with Crippen LogP contribution in [0.25, 0.3) is 11.4 Å². The van der Waals surface area contributed by atoms with Crippen molar-refractivity contribution in [3.63, 3.8) is 0 Å². The third-order valence-corrected chi connectivity index (χ3v) is 6.54. The van der Waals surface area contributed by atoms with Gasteiger partial charge < -0.3 is 9.80 Å². The van der Waals surface area contributed by atoms with Gasteiger partial charge in [0.25, 0.3) is 0 Å². The van der Waals surface area contributed by atoms with Crippen molar-refractivity contribution in [1.82, 2.24) is 24.6 Å². The lowest BCUT2D eigenvalue weighted by atomic mass is 10.1. The zero-order valence-electron chi connectivity index (χ0n) is 20.8. The van der Waals surface area contributed by atoms with Gasteiger partial charge >= 0.3 is 0 Å². The quantitative estimate of drug-likeness (QED) is 0.549. The standard InChI is InChI=1S/C27H35FN6O/c1-3-4-7-11-25-30-27(22-12-13-23(28)21(2)19-22)31-34(25)20-26(35)33-17-15-32(16-18-33)24-10-8-5-6-9-14-29-24/h5-6,9,12-14,19H,3-4,7-8,10-11,15-18,20H2,1-2H3. The number of nitrogens with zero attached hydrogens (tertiary/aromatic N) is 6. The molecule has 186 valence electrons. The lowest BCUT2D eigenvalue weighted by molar-refractivity contribution is -0.133. The molecule has 1 fully saturated rings. The molecular weight excluding hydrogens is 443 g/mol. The summed E-state index contributed by atoms with van der Waals surface area (Å²) in [6.45, 7) is 6.96. The van der Waals surface area contributed by atoms with Crippen molar-refractivity contribution in [3.05, 3.63) is 59.8 Å². The Bertz CT molecular complexity index is 1110. The number of benzene rings is 1. The highest BCUT2D eigenvalue weighted by Crippen LogP contribution is 2.20. The molecule has 2 aliphatic heterocycles. The topological polar surface area (TPSA) is 66.6 Å². The second-order valence-electron chi connectivity index (χ2n) is 9.15. The summed E-state index contributed by atoms with van der Waals surface area (Å²) >= 11 is 0. The van der Waals surface area contributed by atoms with Crippen LogP contribution in [0.15, 0.2) is 47.6 Å². The van der Waals surface area contributed by atoms with Crippen LogP contribution < -0.4 is 0 Å². The van der Waals surface area contributed by atoms with E-state index in [-0.39, 0.29) is 18.3 Å². The van der Waals surface area contributed by atoms with Gasteiger partial charge in [-0.05, 0) is 49.6 Å². The molecule has 1 saturated heterocycles. The Hall–Kier alpha value is -3.29. The van der Waals surface area contributed by atoms with Crippen molar-refractivity contribution in [2.24, 2.45) is 4.99 Å². The minimum atomic E-state index is -0.247. The number of aliphatic imine (C=N–C) groups is 1. The van der Waals surface area contributed by atoms with E-state index in [0.717, 1.165) is 68.8 Å². The van der Waals surface area contributed by atoms with Gasteiger partial charge in [-0.2, -0.15) is 5.10 Å². The fourth-order valence-electron chi connectivity index (χ4n) is 4.44. The average Bonchev–Trinajstić information content (AvgIpc) is 3.23. The largest absolute Gasteiger partial charge is 0.357 e. The molecule has 8 heteroatoms. The number of allylic oxidation sites excluding steroid dienone is 3. The van der Waals surface area contributed by atoms with Gasteiger partial charge in [0.2, 0.25) is 5.91 Å². The molecule has 0 atom stereocenters. The van der Waals surface area contributed by atoms with E-state index in [0.29, 0.717) is 24.5 Å². The van der Waals surface area contributed by atoms with Gasteiger partial charge in [0.15, 0.2) is 5.82 Å². The second kappa shape index (κ2) is 11.9. The number of hydrogen-bond acceptors (Lipinski definition) is 5. The highest BCUT2D eigenvalue weighted by atomic mass is 19.1. The van der Waals surface area contributed by atoms with Crippen molar-refractivity contribution in [2.75, 3.05) is 26.2 Å². The van der Waals surface area contributed by atoms with E-state index < -0.39 is 0 Å². The number of carbonyl (C=O) groups is 1. The van der Waals surface area contributed by atoms with Crippen molar-refractivity contribution in [1.29, 1.82) is 0 Å². The number of hydrogen-bond donors (Lipinski definition) is 0. The number of aryl methyl sites for hydroxylation is 2. The fraction of sp³-hybridized carbons (Fsp3) is 0.481. The van der Waals surface area contributed by atoms with Gasteiger partial charge in [-0.3, -0.25) is 4.79 Å². The molecule has 1 aromatic carbocycles. The Morgan fingerprint density at radius 2 is 1.94 bits per heavy atom. The molecule has 4 rings (SSSR count). The number of carbonyl (C=O) groups excluding carboxylic acids is 1. The second-order valence-corrected chi connectivity index (χ2v) is 9.15. The number of unbranched alkanes of at least 4 members (excludes halogenated alkanes) is 2. The number of amides is 1. The van der Waals surface area contributed by atoms with E-state index >= 15 is 0 Å². The molecule has 0 radical (unpaired) electrons. The minimum Gasteiger partial charge on any atom is -0.357 e. The summed E-state index contributed by atoms with van der Waals surface area (Å²) < 4.78 is 15.5. The van der Waals surface area contributed by atoms with Gasteiger partial charge in [-0.1, -0.05) is 31.9 Å². The first-order valence-corrected chi connectivity index (χ1v) is 12.7. The summed E-state index contributed by atoms with van der Waals surface area (Å²) in [5.41, 5.74) is 1.32. The molecule has 0 aliphatic carbocycles.